The predicted octanol–water partition coefficient (Wildman–Crippen LogP) is -1.80. The van der Waals surface area contributed by atoms with Crippen molar-refractivity contribution in [1.29, 1.82) is 0 Å². The van der Waals surface area contributed by atoms with E-state index in [0.29, 0.717) is 6.61 Å². The average Bonchev–Trinajstić information content (AvgIpc) is 1.61. The fourth-order valence-electron chi connectivity index (χ4n) is 0.189. The molecule has 0 amide bonds. The van der Waals surface area contributed by atoms with Crippen LogP contribution in [0.25, 0.3) is 0 Å². The summed E-state index contributed by atoms with van der Waals surface area (Å²) in [5.74, 6) is 0. The first kappa shape index (κ1) is 29.4. The predicted molar refractivity (Wildman–Crippen MR) is 56.1 cm³/mol. The Labute approximate surface area is 157 Å². The normalized spacial score (nSPS) is 8.91. The first-order valence-electron chi connectivity index (χ1n) is 2.13. The van der Waals surface area contributed by atoms with Gasteiger partial charge >= 0.3 is 126 Å². The summed E-state index contributed by atoms with van der Waals surface area (Å²) in [5.41, 5.74) is 0. The summed E-state index contributed by atoms with van der Waals surface area (Å²) in [5, 5.41) is 0. The van der Waals surface area contributed by atoms with Crippen LogP contribution < -0.4 is 0 Å². The maximum atomic E-state index is 9.72. The second-order valence-corrected chi connectivity index (χ2v) is 1.93. The van der Waals surface area contributed by atoms with Crippen LogP contribution in [0.2, 0.25) is 0 Å². The molecule has 0 saturated heterocycles. The summed E-state index contributed by atoms with van der Waals surface area (Å²) in [6.45, 7) is 2.26. The van der Waals surface area contributed by atoms with Crippen molar-refractivity contribution in [3.05, 3.63) is 0 Å². The molecule has 11 heavy (non-hydrogen) atoms. The zero-order valence-corrected chi connectivity index (χ0v) is 5.18. The van der Waals surface area contributed by atoms with Crippen molar-refractivity contribution in [2.75, 3.05) is 6.61 Å². The first-order valence-corrected chi connectivity index (χ1v) is 3.39. The molecule has 3 nitrogen and oxygen atoms in total. The standard InChI is InChI=1S/C3H9O3P.4Na.4H/c1-2-3-6-7(4)5;;;;;;;;/h7H,2-3H2,1H3,(H,4,5);;;;;;;;. The molecule has 1 unspecified atom stereocenters. The molecular formula is C3H13Na4O3P. The zero-order chi connectivity index (χ0) is 5.70. The minimum absolute atomic E-state index is 0. The molecule has 0 aromatic carbocycles. The first-order chi connectivity index (χ1) is 3.27. The summed E-state index contributed by atoms with van der Waals surface area (Å²) >= 11 is 0. The monoisotopic (exact) mass is 220 g/mol. The van der Waals surface area contributed by atoms with E-state index in [2.05, 4.69) is 4.52 Å². The number of rotatable bonds is 3. The van der Waals surface area contributed by atoms with E-state index in [1.165, 1.54) is 0 Å². The van der Waals surface area contributed by atoms with E-state index < -0.39 is 8.25 Å². The van der Waals surface area contributed by atoms with Crippen LogP contribution >= 0.6 is 8.25 Å². The third kappa shape index (κ3) is 31.4. The SMILES string of the molecule is CCCO[PH](=O)O.[NaH].[NaH].[NaH].[NaH]. The van der Waals surface area contributed by atoms with Crippen LogP contribution in [-0.2, 0) is 9.09 Å². The molecular weight excluding hydrogens is 207 g/mol. The fraction of sp³-hybridized carbons (Fsp3) is 1.00. The summed E-state index contributed by atoms with van der Waals surface area (Å²) < 4.78 is 14.0. The number of hydrogen-bond donors (Lipinski definition) is 1. The van der Waals surface area contributed by atoms with E-state index in [0.717, 1.165) is 6.42 Å². The average molecular weight is 220 g/mol. The van der Waals surface area contributed by atoms with E-state index in [9.17, 15) is 4.57 Å². The van der Waals surface area contributed by atoms with Gasteiger partial charge in [0.1, 0.15) is 0 Å². The van der Waals surface area contributed by atoms with Crippen LogP contribution in [0.1, 0.15) is 13.3 Å². The van der Waals surface area contributed by atoms with Crippen molar-refractivity contribution in [1.82, 2.24) is 0 Å². The molecule has 8 heteroatoms. The van der Waals surface area contributed by atoms with Gasteiger partial charge in [0.25, 0.3) is 0 Å². The Bertz CT molecular complexity index is 73.6. The summed E-state index contributed by atoms with van der Waals surface area (Å²) in [7, 11) is -2.65. The van der Waals surface area contributed by atoms with Crippen molar-refractivity contribution in [2.24, 2.45) is 0 Å². The van der Waals surface area contributed by atoms with Gasteiger partial charge in [-0.05, 0) is 6.42 Å². The van der Waals surface area contributed by atoms with E-state index in [4.69, 9.17) is 4.89 Å². The van der Waals surface area contributed by atoms with E-state index in [1.54, 1.807) is 0 Å². The number of hydrogen-bond acceptors (Lipinski definition) is 2. The molecule has 0 aliphatic rings. The molecule has 0 aliphatic heterocycles. The molecule has 1 N–H and O–H groups in total. The second-order valence-electron chi connectivity index (χ2n) is 1.11. The van der Waals surface area contributed by atoms with Gasteiger partial charge in [0, 0.05) is 0 Å². The third-order valence-electron chi connectivity index (χ3n) is 0.430. The quantitative estimate of drug-likeness (QED) is 0.451. The Morgan fingerprint density at radius 2 is 1.64 bits per heavy atom. The van der Waals surface area contributed by atoms with Gasteiger partial charge in [0.15, 0.2) is 0 Å². The summed E-state index contributed by atoms with van der Waals surface area (Å²) in [4.78, 5) is 8.01. The van der Waals surface area contributed by atoms with E-state index in [-0.39, 0.29) is 118 Å². The van der Waals surface area contributed by atoms with Crippen molar-refractivity contribution in [3.8, 4) is 0 Å². The van der Waals surface area contributed by atoms with Gasteiger partial charge in [-0.25, -0.2) is 0 Å². The Kier molecular flexibility index (Phi) is 63.6. The zero-order valence-electron chi connectivity index (χ0n) is 4.18. The molecule has 0 rings (SSSR count). The van der Waals surface area contributed by atoms with Gasteiger partial charge in [0.05, 0.1) is 6.61 Å². The molecule has 0 radical (unpaired) electrons. The van der Waals surface area contributed by atoms with E-state index in [1.807, 2.05) is 6.92 Å². The van der Waals surface area contributed by atoms with Crippen molar-refractivity contribution >= 4 is 126 Å². The second kappa shape index (κ2) is 23.8. The fourth-order valence-corrected chi connectivity index (χ4v) is 0.568. The van der Waals surface area contributed by atoms with Gasteiger partial charge in [0.2, 0.25) is 0 Å². The summed E-state index contributed by atoms with van der Waals surface area (Å²) in [6, 6.07) is 0. The molecule has 0 heterocycles. The van der Waals surface area contributed by atoms with Crippen molar-refractivity contribution in [2.45, 2.75) is 13.3 Å². The van der Waals surface area contributed by atoms with E-state index >= 15 is 0 Å². The molecule has 1 atom stereocenters. The Hall–Kier alpha value is 4.15. The molecule has 52 valence electrons. The van der Waals surface area contributed by atoms with Gasteiger partial charge in [-0.1, -0.05) is 6.92 Å². The Morgan fingerprint density at radius 3 is 1.73 bits per heavy atom. The molecule has 0 aromatic rings. The Morgan fingerprint density at radius 1 is 1.27 bits per heavy atom. The molecule has 0 bridgehead atoms. The van der Waals surface area contributed by atoms with Gasteiger partial charge in [-0.2, -0.15) is 0 Å². The third-order valence-corrected chi connectivity index (χ3v) is 0.881. The minimum atomic E-state index is -2.65. The van der Waals surface area contributed by atoms with Crippen LogP contribution in [0, 0.1) is 0 Å². The van der Waals surface area contributed by atoms with Crippen LogP contribution in [0.5, 0.6) is 0 Å². The molecule has 0 fully saturated rings. The van der Waals surface area contributed by atoms with Crippen LogP contribution in [-0.4, -0.2) is 130 Å². The van der Waals surface area contributed by atoms with Crippen LogP contribution in [0.4, 0.5) is 0 Å². The van der Waals surface area contributed by atoms with Crippen molar-refractivity contribution in [3.63, 3.8) is 0 Å². The maximum absolute atomic E-state index is 9.72. The van der Waals surface area contributed by atoms with Gasteiger partial charge in [-0.15, -0.1) is 0 Å². The molecule has 0 saturated carbocycles. The molecule has 0 aromatic heterocycles. The molecule has 0 spiro atoms. The molecule has 0 aliphatic carbocycles. The topological polar surface area (TPSA) is 46.5 Å². The van der Waals surface area contributed by atoms with Gasteiger partial charge in [-0.3, -0.25) is 4.57 Å². The summed E-state index contributed by atoms with van der Waals surface area (Å²) in [6.07, 6.45) is 0.789. The van der Waals surface area contributed by atoms with Crippen LogP contribution in [0.3, 0.4) is 0 Å². The van der Waals surface area contributed by atoms with Crippen LogP contribution in [0.15, 0.2) is 0 Å². The van der Waals surface area contributed by atoms with Crippen molar-refractivity contribution < 1.29 is 14.0 Å². The van der Waals surface area contributed by atoms with Gasteiger partial charge < -0.3 is 9.42 Å². The Balaban J connectivity index is -0.0000000300.